The third-order valence-corrected chi connectivity index (χ3v) is 5.15. The Kier molecular flexibility index (Phi) is 5.15. The molecule has 0 N–H and O–H groups in total. The zero-order valence-corrected chi connectivity index (χ0v) is 14.4. The zero-order chi connectivity index (χ0) is 18.0. The van der Waals surface area contributed by atoms with Crippen LogP contribution in [0.5, 0.6) is 5.75 Å². The van der Waals surface area contributed by atoms with E-state index in [0.717, 1.165) is 23.4 Å². The van der Waals surface area contributed by atoms with E-state index >= 15 is 0 Å². The van der Waals surface area contributed by atoms with Gasteiger partial charge < -0.3 is 9.64 Å². The highest BCUT2D eigenvalue weighted by atomic mass is 35.5. The lowest BCUT2D eigenvalue weighted by atomic mass is 10.1. The summed E-state index contributed by atoms with van der Waals surface area (Å²) in [7, 11) is 0. The van der Waals surface area contributed by atoms with Crippen LogP contribution in [0.2, 0.25) is 5.02 Å². The first-order chi connectivity index (χ1) is 11.8. The summed E-state index contributed by atoms with van der Waals surface area (Å²) < 4.78 is 40.4. The molecule has 0 aliphatic carbocycles. The van der Waals surface area contributed by atoms with Crippen LogP contribution in [0.3, 0.4) is 0 Å². The lowest BCUT2D eigenvalue weighted by Crippen LogP contribution is -2.30. The molecule has 1 heterocycles. The summed E-state index contributed by atoms with van der Waals surface area (Å²) in [5.74, 6) is 0.200. The maximum atomic E-state index is 12.7. The third kappa shape index (κ3) is 4.41. The highest BCUT2D eigenvalue weighted by Crippen LogP contribution is 2.39. The number of carbonyl (C=O) groups is 1. The molecule has 1 saturated heterocycles. The molecule has 0 spiro atoms. The van der Waals surface area contributed by atoms with E-state index in [-0.39, 0.29) is 17.0 Å². The Morgan fingerprint density at radius 3 is 2.36 bits per heavy atom. The first-order valence-corrected chi connectivity index (χ1v) is 8.80. The van der Waals surface area contributed by atoms with Gasteiger partial charge in [-0.1, -0.05) is 23.7 Å². The van der Waals surface area contributed by atoms with Crippen molar-refractivity contribution in [3.8, 4) is 5.75 Å². The number of hydrogen-bond donors (Lipinski definition) is 0. The van der Waals surface area contributed by atoms with Crippen molar-refractivity contribution < 1.29 is 22.7 Å². The molecule has 2 aromatic carbocycles. The number of rotatable bonds is 3. The lowest BCUT2D eigenvalue weighted by molar-refractivity contribution is -0.274. The van der Waals surface area contributed by atoms with E-state index in [1.165, 1.54) is 12.1 Å². The second kappa shape index (κ2) is 7.17. The van der Waals surface area contributed by atoms with Gasteiger partial charge in [0.05, 0.1) is 0 Å². The number of amides is 1. The van der Waals surface area contributed by atoms with Gasteiger partial charge in [0.25, 0.3) is 5.91 Å². The van der Waals surface area contributed by atoms with Gasteiger partial charge >= 0.3 is 6.36 Å². The molecule has 0 saturated carbocycles. The Balaban J connectivity index is 1.76. The lowest BCUT2D eigenvalue weighted by Gasteiger charge is -2.24. The van der Waals surface area contributed by atoms with Crippen LogP contribution < -0.4 is 4.74 Å². The fourth-order valence-corrected chi connectivity index (χ4v) is 3.93. The van der Waals surface area contributed by atoms with Crippen LogP contribution in [0.4, 0.5) is 13.2 Å². The van der Waals surface area contributed by atoms with E-state index in [4.69, 9.17) is 11.6 Å². The molecule has 3 nitrogen and oxygen atoms in total. The minimum absolute atomic E-state index is 0.143. The van der Waals surface area contributed by atoms with Crippen molar-refractivity contribution in [2.45, 2.75) is 11.7 Å². The van der Waals surface area contributed by atoms with Crippen LogP contribution in [0.25, 0.3) is 0 Å². The van der Waals surface area contributed by atoms with Crippen molar-refractivity contribution in [3.05, 3.63) is 64.7 Å². The molecule has 1 fully saturated rings. The summed E-state index contributed by atoms with van der Waals surface area (Å²) in [6.07, 6.45) is -4.75. The quantitative estimate of drug-likeness (QED) is 0.731. The van der Waals surface area contributed by atoms with Crippen molar-refractivity contribution >= 4 is 29.3 Å². The molecule has 1 aliphatic rings. The Morgan fingerprint density at radius 1 is 1.12 bits per heavy atom. The van der Waals surface area contributed by atoms with Crippen molar-refractivity contribution in [2.24, 2.45) is 0 Å². The smallest absolute Gasteiger partial charge is 0.406 e. The topological polar surface area (TPSA) is 29.5 Å². The number of thioether (sulfide) groups is 1. The summed E-state index contributed by atoms with van der Waals surface area (Å²) in [6, 6.07) is 12.2. The number of alkyl halides is 3. The summed E-state index contributed by atoms with van der Waals surface area (Å²) >= 11 is 7.53. The van der Waals surface area contributed by atoms with Gasteiger partial charge in [0.15, 0.2) is 0 Å². The van der Waals surface area contributed by atoms with Gasteiger partial charge in [-0.3, -0.25) is 4.79 Å². The molecule has 2 aromatic rings. The molecule has 1 unspecified atom stereocenters. The maximum absolute atomic E-state index is 12.7. The highest BCUT2D eigenvalue weighted by molar-refractivity contribution is 7.99. The summed E-state index contributed by atoms with van der Waals surface area (Å²) in [5.41, 5.74) is 1.27. The normalized spacial score (nSPS) is 17.6. The molecular weight excluding hydrogens is 375 g/mol. The number of halogens is 4. The molecule has 8 heteroatoms. The molecule has 0 radical (unpaired) electrons. The SMILES string of the molecule is O=C(c1ccc(OC(F)(F)F)cc1)N1CCSC1c1ccc(Cl)cc1. The zero-order valence-electron chi connectivity index (χ0n) is 12.8. The van der Waals surface area contributed by atoms with E-state index in [2.05, 4.69) is 4.74 Å². The van der Waals surface area contributed by atoms with Gasteiger partial charge in [-0.15, -0.1) is 24.9 Å². The Hall–Kier alpha value is -1.86. The van der Waals surface area contributed by atoms with Crippen LogP contribution in [0, 0.1) is 0 Å². The molecule has 1 aliphatic heterocycles. The second-order valence-corrected chi connectivity index (χ2v) is 6.97. The van der Waals surface area contributed by atoms with E-state index in [0.29, 0.717) is 17.1 Å². The fourth-order valence-electron chi connectivity index (χ4n) is 2.55. The van der Waals surface area contributed by atoms with Crippen molar-refractivity contribution in [3.63, 3.8) is 0 Å². The van der Waals surface area contributed by atoms with Crippen molar-refractivity contribution in [1.29, 1.82) is 0 Å². The molecule has 25 heavy (non-hydrogen) atoms. The van der Waals surface area contributed by atoms with Crippen LogP contribution in [-0.2, 0) is 0 Å². The number of ether oxygens (including phenoxy) is 1. The van der Waals surface area contributed by atoms with Gasteiger partial charge in [-0.25, -0.2) is 0 Å². The summed E-state index contributed by atoms with van der Waals surface area (Å²) in [6.45, 7) is 0.567. The van der Waals surface area contributed by atoms with Crippen molar-refractivity contribution in [1.82, 2.24) is 4.90 Å². The summed E-state index contributed by atoms with van der Waals surface area (Å²) in [4.78, 5) is 14.4. The van der Waals surface area contributed by atoms with E-state index in [1.54, 1.807) is 28.8 Å². The third-order valence-electron chi connectivity index (χ3n) is 3.64. The molecule has 0 bridgehead atoms. The molecule has 132 valence electrons. The van der Waals surface area contributed by atoms with E-state index in [1.807, 2.05) is 12.1 Å². The molecule has 0 aromatic heterocycles. The van der Waals surface area contributed by atoms with Gasteiger partial charge in [-0.05, 0) is 42.0 Å². The molecule has 1 amide bonds. The van der Waals surface area contributed by atoms with Gasteiger partial charge in [-0.2, -0.15) is 0 Å². The van der Waals surface area contributed by atoms with Crippen LogP contribution in [0.15, 0.2) is 48.5 Å². The number of carbonyl (C=O) groups excluding carboxylic acids is 1. The predicted molar refractivity (Wildman–Crippen MR) is 90.8 cm³/mol. The first kappa shape index (κ1) is 17.9. The fraction of sp³-hybridized carbons (Fsp3) is 0.235. The number of hydrogen-bond acceptors (Lipinski definition) is 3. The number of nitrogens with zero attached hydrogens (tertiary/aromatic N) is 1. The van der Waals surface area contributed by atoms with E-state index < -0.39 is 6.36 Å². The van der Waals surface area contributed by atoms with Gasteiger partial charge in [0.2, 0.25) is 0 Å². The van der Waals surface area contributed by atoms with E-state index in [9.17, 15) is 18.0 Å². The van der Waals surface area contributed by atoms with Gasteiger partial charge in [0, 0.05) is 22.9 Å². The molecule has 3 rings (SSSR count). The molecule has 1 atom stereocenters. The standard InChI is InChI=1S/C17H13ClF3NO2S/c18-13-5-1-12(2-6-13)16-22(9-10-25-16)15(23)11-3-7-14(8-4-11)24-17(19,20)21/h1-8,16H,9-10H2. The Labute approximate surface area is 151 Å². The summed E-state index contributed by atoms with van der Waals surface area (Å²) in [5, 5.41) is 0.473. The van der Waals surface area contributed by atoms with Crippen LogP contribution in [0.1, 0.15) is 21.3 Å². The van der Waals surface area contributed by atoms with Crippen molar-refractivity contribution in [2.75, 3.05) is 12.3 Å². The van der Waals surface area contributed by atoms with Crippen LogP contribution in [-0.4, -0.2) is 29.5 Å². The first-order valence-electron chi connectivity index (χ1n) is 7.37. The monoisotopic (exact) mass is 387 g/mol. The second-order valence-electron chi connectivity index (χ2n) is 5.35. The minimum Gasteiger partial charge on any atom is -0.406 e. The number of benzene rings is 2. The largest absolute Gasteiger partial charge is 0.573 e. The average molecular weight is 388 g/mol. The highest BCUT2D eigenvalue weighted by Gasteiger charge is 2.32. The van der Waals surface area contributed by atoms with Crippen LogP contribution >= 0.6 is 23.4 Å². The Morgan fingerprint density at radius 2 is 1.76 bits per heavy atom. The predicted octanol–water partition coefficient (Wildman–Crippen LogP) is 5.13. The average Bonchev–Trinajstić information content (AvgIpc) is 3.04. The maximum Gasteiger partial charge on any atom is 0.573 e. The minimum atomic E-state index is -4.75. The van der Waals surface area contributed by atoms with Gasteiger partial charge in [0.1, 0.15) is 11.1 Å². The Bertz CT molecular complexity index is 750. The molecular formula is C17H13ClF3NO2S.